The first-order valence-electron chi connectivity index (χ1n) is 7.08. The van der Waals surface area contributed by atoms with Crippen molar-refractivity contribution in [3.05, 3.63) is 30.6 Å². The first-order chi connectivity index (χ1) is 10.2. The molecule has 0 aliphatic rings. The Morgan fingerprint density at radius 3 is 2.48 bits per heavy atom. The van der Waals surface area contributed by atoms with Gasteiger partial charge in [0.05, 0.1) is 6.61 Å². The summed E-state index contributed by atoms with van der Waals surface area (Å²) >= 11 is 0. The van der Waals surface area contributed by atoms with Crippen molar-refractivity contribution in [2.75, 3.05) is 29.5 Å². The fourth-order valence-electron chi connectivity index (χ4n) is 1.82. The molecule has 6 nitrogen and oxygen atoms in total. The van der Waals surface area contributed by atoms with Gasteiger partial charge in [-0.2, -0.15) is 0 Å². The number of ether oxygens (including phenoxy) is 1. The van der Waals surface area contributed by atoms with Crippen molar-refractivity contribution in [3.63, 3.8) is 0 Å². The minimum atomic E-state index is 0.514. The Bertz CT molecular complexity index is 571. The van der Waals surface area contributed by atoms with Crippen LogP contribution in [0.4, 0.5) is 23.0 Å². The van der Waals surface area contributed by atoms with Gasteiger partial charge in [-0.1, -0.05) is 6.92 Å². The number of nitrogens with one attached hydrogen (secondary N) is 2. The maximum Gasteiger partial charge on any atom is 0.159 e. The topological polar surface area (TPSA) is 85.1 Å². The Hall–Kier alpha value is -2.50. The van der Waals surface area contributed by atoms with Crippen molar-refractivity contribution >= 4 is 23.0 Å². The van der Waals surface area contributed by atoms with Crippen molar-refractivity contribution in [2.45, 2.75) is 20.3 Å². The molecule has 0 aliphatic heterocycles. The molecule has 1 heterocycles. The second kappa shape index (κ2) is 7.33. The molecule has 1 aromatic heterocycles. The lowest BCUT2D eigenvalue weighted by Crippen LogP contribution is -2.08. The Balaban J connectivity index is 2.11. The lowest BCUT2D eigenvalue weighted by molar-refractivity contribution is 0.340. The van der Waals surface area contributed by atoms with Gasteiger partial charge in [-0.3, -0.25) is 0 Å². The molecule has 0 unspecified atom stereocenters. The number of hydrogen-bond donors (Lipinski definition) is 3. The van der Waals surface area contributed by atoms with Gasteiger partial charge < -0.3 is 21.1 Å². The molecule has 0 aliphatic carbocycles. The van der Waals surface area contributed by atoms with Gasteiger partial charge in [-0.25, -0.2) is 9.97 Å². The van der Waals surface area contributed by atoms with E-state index in [1.165, 1.54) is 6.33 Å². The average Bonchev–Trinajstić information content (AvgIpc) is 2.50. The van der Waals surface area contributed by atoms with Gasteiger partial charge in [0.2, 0.25) is 0 Å². The van der Waals surface area contributed by atoms with Gasteiger partial charge in [0.15, 0.2) is 11.6 Å². The molecule has 0 spiro atoms. The molecule has 0 atom stereocenters. The van der Waals surface area contributed by atoms with Crippen LogP contribution < -0.4 is 21.1 Å². The van der Waals surface area contributed by atoms with Crippen LogP contribution in [0.2, 0.25) is 0 Å². The molecule has 0 saturated carbocycles. The van der Waals surface area contributed by atoms with E-state index in [1.807, 2.05) is 31.2 Å². The minimum absolute atomic E-state index is 0.514. The normalized spacial score (nSPS) is 10.2. The van der Waals surface area contributed by atoms with Gasteiger partial charge >= 0.3 is 0 Å². The van der Waals surface area contributed by atoms with Crippen LogP contribution in [0.3, 0.4) is 0 Å². The van der Waals surface area contributed by atoms with E-state index in [0.717, 1.165) is 24.4 Å². The molecule has 0 fully saturated rings. The number of aromatic nitrogens is 2. The van der Waals surface area contributed by atoms with Crippen LogP contribution in [-0.4, -0.2) is 23.1 Å². The van der Waals surface area contributed by atoms with Crippen molar-refractivity contribution in [2.24, 2.45) is 0 Å². The fourth-order valence-corrected chi connectivity index (χ4v) is 1.82. The van der Waals surface area contributed by atoms with Gasteiger partial charge in [0.1, 0.15) is 17.8 Å². The molecule has 0 bridgehead atoms. The summed E-state index contributed by atoms with van der Waals surface area (Å²) in [7, 11) is 0. The SMILES string of the molecule is CCCNc1ncnc(Nc2ccc(OCC)cc2)c1N. The highest BCUT2D eigenvalue weighted by Gasteiger charge is 2.07. The number of anilines is 4. The molecule has 2 aromatic rings. The Morgan fingerprint density at radius 1 is 1.10 bits per heavy atom. The quantitative estimate of drug-likeness (QED) is 0.726. The van der Waals surface area contributed by atoms with E-state index in [4.69, 9.17) is 10.5 Å². The predicted molar refractivity (Wildman–Crippen MR) is 86.1 cm³/mol. The highest BCUT2D eigenvalue weighted by molar-refractivity contribution is 5.77. The summed E-state index contributed by atoms with van der Waals surface area (Å²) in [6, 6.07) is 7.65. The smallest absolute Gasteiger partial charge is 0.159 e. The lowest BCUT2D eigenvalue weighted by Gasteiger charge is -2.12. The van der Waals surface area contributed by atoms with Crippen molar-refractivity contribution < 1.29 is 4.74 Å². The van der Waals surface area contributed by atoms with E-state index in [0.29, 0.717) is 23.9 Å². The Morgan fingerprint density at radius 2 is 1.81 bits per heavy atom. The molecule has 0 amide bonds. The number of nitrogens with zero attached hydrogens (tertiary/aromatic N) is 2. The molecular formula is C15H21N5O. The van der Waals surface area contributed by atoms with Crippen LogP contribution in [0, 0.1) is 0 Å². The van der Waals surface area contributed by atoms with Crippen LogP contribution in [-0.2, 0) is 0 Å². The third kappa shape index (κ3) is 3.98. The van der Waals surface area contributed by atoms with Gasteiger partial charge in [0, 0.05) is 12.2 Å². The van der Waals surface area contributed by atoms with Crippen LogP contribution in [0.15, 0.2) is 30.6 Å². The summed E-state index contributed by atoms with van der Waals surface area (Å²) in [5, 5.41) is 6.37. The highest BCUT2D eigenvalue weighted by atomic mass is 16.5. The monoisotopic (exact) mass is 287 g/mol. The van der Waals surface area contributed by atoms with Crippen LogP contribution in [0.5, 0.6) is 5.75 Å². The van der Waals surface area contributed by atoms with Crippen molar-refractivity contribution in [1.29, 1.82) is 0 Å². The summed E-state index contributed by atoms with van der Waals surface area (Å²) in [5.41, 5.74) is 7.48. The molecule has 4 N–H and O–H groups in total. The zero-order valence-electron chi connectivity index (χ0n) is 12.4. The maximum atomic E-state index is 6.07. The molecule has 0 saturated heterocycles. The third-order valence-corrected chi connectivity index (χ3v) is 2.85. The van der Waals surface area contributed by atoms with Crippen molar-refractivity contribution in [3.8, 4) is 5.75 Å². The molecule has 0 radical (unpaired) electrons. The molecule has 2 rings (SSSR count). The molecule has 112 valence electrons. The second-order valence-electron chi connectivity index (χ2n) is 4.49. The van der Waals surface area contributed by atoms with Gasteiger partial charge in [0.25, 0.3) is 0 Å². The molecule has 1 aromatic carbocycles. The Kier molecular flexibility index (Phi) is 5.20. The molecule has 21 heavy (non-hydrogen) atoms. The third-order valence-electron chi connectivity index (χ3n) is 2.85. The fraction of sp³-hybridized carbons (Fsp3) is 0.333. The largest absolute Gasteiger partial charge is 0.494 e. The summed E-state index contributed by atoms with van der Waals surface area (Å²) in [6.45, 7) is 5.52. The highest BCUT2D eigenvalue weighted by Crippen LogP contribution is 2.26. The van der Waals surface area contributed by atoms with E-state index in [1.54, 1.807) is 0 Å². The average molecular weight is 287 g/mol. The van der Waals surface area contributed by atoms with Crippen molar-refractivity contribution in [1.82, 2.24) is 9.97 Å². The number of hydrogen-bond acceptors (Lipinski definition) is 6. The van der Waals surface area contributed by atoms with Crippen LogP contribution in [0.25, 0.3) is 0 Å². The van der Waals surface area contributed by atoms with Crippen LogP contribution >= 0.6 is 0 Å². The summed E-state index contributed by atoms with van der Waals surface area (Å²) < 4.78 is 5.41. The number of rotatable bonds is 7. The first kappa shape index (κ1) is 14.9. The van der Waals surface area contributed by atoms with E-state index in [9.17, 15) is 0 Å². The number of benzene rings is 1. The zero-order chi connectivity index (χ0) is 15.1. The zero-order valence-corrected chi connectivity index (χ0v) is 12.4. The molecule has 6 heteroatoms. The summed E-state index contributed by atoms with van der Waals surface area (Å²) in [6.07, 6.45) is 2.50. The summed E-state index contributed by atoms with van der Waals surface area (Å²) in [5.74, 6) is 2.08. The van der Waals surface area contributed by atoms with Gasteiger partial charge in [-0.15, -0.1) is 0 Å². The summed E-state index contributed by atoms with van der Waals surface area (Å²) in [4.78, 5) is 8.33. The molecular weight excluding hydrogens is 266 g/mol. The number of nitrogen functional groups attached to an aromatic ring is 1. The van der Waals surface area contributed by atoms with Crippen LogP contribution in [0.1, 0.15) is 20.3 Å². The van der Waals surface area contributed by atoms with E-state index >= 15 is 0 Å². The standard InChI is InChI=1S/C15H21N5O/c1-3-9-17-14-13(16)15(19-10-18-14)20-11-5-7-12(8-6-11)21-4-2/h5-8,10H,3-4,9,16H2,1-2H3,(H2,17,18,19,20). The Labute approximate surface area is 124 Å². The minimum Gasteiger partial charge on any atom is -0.494 e. The number of nitrogens with two attached hydrogens (primary N) is 1. The second-order valence-corrected chi connectivity index (χ2v) is 4.49. The maximum absolute atomic E-state index is 6.07. The van der Waals surface area contributed by atoms with E-state index in [2.05, 4.69) is 27.5 Å². The van der Waals surface area contributed by atoms with Gasteiger partial charge in [-0.05, 0) is 37.6 Å². The lowest BCUT2D eigenvalue weighted by atomic mass is 10.3. The predicted octanol–water partition coefficient (Wildman–Crippen LogP) is 3.02. The van der Waals surface area contributed by atoms with E-state index in [-0.39, 0.29) is 0 Å². The first-order valence-corrected chi connectivity index (χ1v) is 7.08. The van der Waals surface area contributed by atoms with E-state index < -0.39 is 0 Å².